The quantitative estimate of drug-likeness (QED) is 0.157. The molecule has 0 saturated heterocycles. The molecule has 0 aromatic carbocycles. The van der Waals surface area contributed by atoms with Crippen LogP contribution in [0, 0.1) is 0 Å². The van der Waals surface area contributed by atoms with Gasteiger partial charge in [-0.3, -0.25) is 13.8 Å². The normalized spacial score (nSPS) is 16.1. The summed E-state index contributed by atoms with van der Waals surface area (Å²) in [5.41, 5.74) is 0. The highest BCUT2D eigenvalue weighted by molar-refractivity contribution is 7.47. The molecule has 0 aromatic rings. The van der Waals surface area contributed by atoms with E-state index in [0.29, 0.717) is 23.9 Å². The fourth-order valence-electron chi connectivity index (χ4n) is 2.86. The number of hydrogen-bond acceptors (Lipinski definition) is 5. The number of unbranched alkanes of at least 4 members (excludes halogenated alkanes) is 6. The highest BCUT2D eigenvalue weighted by Crippen LogP contribution is 2.43. The van der Waals surface area contributed by atoms with Crippen molar-refractivity contribution in [3.8, 4) is 0 Å². The van der Waals surface area contributed by atoms with Crippen LogP contribution in [0.2, 0.25) is 0 Å². The molecule has 1 amide bonds. The Balaban J connectivity index is 4.64. The largest absolute Gasteiger partial charge is 0.472 e. The average molecular weight is 454 g/mol. The lowest BCUT2D eigenvalue weighted by Crippen LogP contribution is -2.46. The Kier molecular flexibility index (Phi) is 15.9. The molecule has 8 nitrogen and oxygen atoms in total. The second-order valence-corrected chi connectivity index (χ2v) is 10.5. The molecule has 0 saturated carbocycles. The highest BCUT2D eigenvalue weighted by Gasteiger charge is 2.28. The zero-order chi connectivity index (χ0) is 23.0. The van der Waals surface area contributed by atoms with E-state index >= 15 is 0 Å². The van der Waals surface area contributed by atoms with Crippen molar-refractivity contribution in [1.82, 2.24) is 5.32 Å². The van der Waals surface area contributed by atoms with Gasteiger partial charge in [0.15, 0.2) is 0 Å². The molecule has 30 heavy (non-hydrogen) atoms. The summed E-state index contributed by atoms with van der Waals surface area (Å²) in [5, 5.41) is 13.3. The Morgan fingerprint density at radius 3 is 2.20 bits per heavy atom. The Morgan fingerprint density at radius 1 is 1.00 bits per heavy atom. The van der Waals surface area contributed by atoms with Crippen molar-refractivity contribution in [3.63, 3.8) is 0 Å². The third kappa shape index (κ3) is 17.2. The van der Waals surface area contributed by atoms with Crippen LogP contribution in [0.15, 0.2) is 0 Å². The van der Waals surface area contributed by atoms with Gasteiger partial charge in [0, 0.05) is 6.42 Å². The van der Waals surface area contributed by atoms with Crippen LogP contribution >= 0.6 is 7.82 Å². The van der Waals surface area contributed by atoms with Crippen molar-refractivity contribution >= 4 is 13.7 Å². The molecule has 0 bridgehead atoms. The predicted octanol–water partition coefficient (Wildman–Crippen LogP) is 3.61. The number of quaternary nitrogens is 1. The van der Waals surface area contributed by atoms with Gasteiger partial charge in [0.05, 0.1) is 39.9 Å². The van der Waals surface area contributed by atoms with Crippen LogP contribution in [0.1, 0.15) is 78.1 Å². The number of likely N-dealkylation sites (N-methyl/N-ethyl adjacent to an activating group) is 1. The number of rotatable bonds is 19. The van der Waals surface area contributed by atoms with Crippen molar-refractivity contribution in [2.75, 3.05) is 40.9 Å². The topological polar surface area (TPSA) is 105 Å². The summed E-state index contributed by atoms with van der Waals surface area (Å²) in [4.78, 5) is 22.2. The lowest BCUT2D eigenvalue weighted by atomic mass is 10.0. The third-order valence-corrected chi connectivity index (χ3v) is 5.84. The molecule has 180 valence electrons. The number of carbonyl (C=O) groups excluding carboxylic acids is 1. The highest BCUT2D eigenvalue weighted by atomic mass is 31.2. The first kappa shape index (κ1) is 29.5. The average Bonchev–Trinajstić information content (AvgIpc) is 2.63. The number of hydrogen-bond donors (Lipinski definition) is 3. The van der Waals surface area contributed by atoms with Gasteiger partial charge in [-0.1, -0.05) is 58.8 Å². The molecule has 0 rings (SSSR count). The zero-order valence-corrected chi connectivity index (χ0v) is 20.7. The van der Waals surface area contributed by atoms with Crippen LogP contribution < -0.4 is 5.32 Å². The van der Waals surface area contributed by atoms with Crippen LogP contribution in [-0.2, 0) is 18.4 Å². The third-order valence-electron chi connectivity index (χ3n) is 4.86. The van der Waals surface area contributed by atoms with E-state index in [1.807, 2.05) is 21.1 Å². The molecule has 0 aliphatic carbocycles. The predicted molar refractivity (Wildman–Crippen MR) is 120 cm³/mol. The summed E-state index contributed by atoms with van der Waals surface area (Å²) in [6.45, 7) is 4.57. The Morgan fingerprint density at radius 2 is 1.60 bits per heavy atom. The molecule has 0 aliphatic heterocycles. The van der Waals surface area contributed by atoms with Crippen LogP contribution in [0.4, 0.5) is 0 Å². The van der Waals surface area contributed by atoms with Crippen LogP contribution in [0.25, 0.3) is 0 Å². The van der Waals surface area contributed by atoms with E-state index in [2.05, 4.69) is 19.2 Å². The first-order valence-corrected chi connectivity index (χ1v) is 12.9. The van der Waals surface area contributed by atoms with E-state index in [-0.39, 0.29) is 19.1 Å². The van der Waals surface area contributed by atoms with Crippen molar-refractivity contribution in [2.45, 2.75) is 90.2 Å². The maximum atomic E-state index is 12.3. The molecule has 3 N–H and O–H groups in total. The van der Waals surface area contributed by atoms with Gasteiger partial charge in [0.2, 0.25) is 5.91 Å². The molecule has 3 atom stereocenters. The van der Waals surface area contributed by atoms with E-state index in [0.717, 1.165) is 51.4 Å². The lowest BCUT2D eigenvalue weighted by Gasteiger charge is -2.26. The van der Waals surface area contributed by atoms with Gasteiger partial charge in [-0.05, 0) is 12.8 Å². The molecule has 0 spiro atoms. The number of aliphatic hydroxyl groups is 1. The van der Waals surface area contributed by atoms with Crippen molar-refractivity contribution in [2.24, 2.45) is 0 Å². The molecular weight excluding hydrogens is 407 g/mol. The minimum Gasteiger partial charge on any atom is -0.391 e. The summed E-state index contributed by atoms with van der Waals surface area (Å²) in [7, 11) is 1.60. The van der Waals surface area contributed by atoms with Crippen LogP contribution in [0.5, 0.6) is 0 Å². The molecule has 3 unspecified atom stereocenters. The molecule has 9 heteroatoms. The standard InChI is InChI=1S/C21H45N2O6P/c1-6-8-10-11-13-15-21(25)22-19(20(24)14-12-9-7-2)18-29-30(26,27)28-17-16-23(3,4)5/h19-20,24H,6-18H2,1-5H3,(H-,22,25,26,27)/p+1. The summed E-state index contributed by atoms with van der Waals surface area (Å²) in [6.07, 6.45) is 8.04. The molecule has 0 radical (unpaired) electrons. The van der Waals surface area contributed by atoms with Gasteiger partial charge in [-0.2, -0.15) is 0 Å². The van der Waals surface area contributed by atoms with E-state index < -0.39 is 20.0 Å². The number of phosphoric ester groups is 1. The summed E-state index contributed by atoms with van der Waals surface area (Å²) < 4.78 is 22.9. The van der Waals surface area contributed by atoms with Gasteiger partial charge in [0.25, 0.3) is 0 Å². The van der Waals surface area contributed by atoms with E-state index in [4.69, 9.17) is 9.05 Å². The molecule has 0 aliphatic rings. The smallest absolute Gasteiger partial charge is 0.391 e. The monoisotopic (exact) mass is 453 g/mol. The first-order valence-electron chi connectivity index (χ1n) is 11.4. The van der Waals surface area contributed by atoms with Gasteiger partial charge in [0.1, 0.15) is 13.2 Å². The van der Waals surface area contributed by atoms with Gasteiger partial charge in [-0.15, -0.1) is 0 Å². The maximum Gasteiger partial charge on any atom is 0.472 e. The lowest BCUT2D eigenvalue weighted by molar-refractivity contribution is -0.870. The first-order chi connectivity index (χ1) is 14.0. The minimum atomic E-state index is -4.25. The van der Waals surface area contributed by atoms with Gasteiger partial charge >= 0.3 is 7.82 Å². The molecule has 0 heterocycles. The van der Waals surface area contributed by atoms with Crippen molar-refractivity contribution in [1.29, 1.82) is 0 Å². The van der Waals surface area contributed by atoms with Gasteiger partial charge < -0.3 is 19.8 Å². The molecule has 0 fully saturated rings. The SMILES string of the molecule is CCCCCCCC(=O)NC(COP(=O)(O)OCC[N+](C)(C)C)C(O)CCCCC. The fraction of sp³-hybridized carbons (Fsp3) is 0.952. The molecule has 0 aromatic heterocycles. The minimum absolute atomic E-state index is 0.0745. The van der Waals surface area contributed by atoms with E-state index in [9.17, 15) is 19.4 Å². The van der Waals surface area contributed by atoms with E-state index in [1.54, 1.807) is 0 Å². The zero-order valence-electron chi connectivity index (χ0n) is 19.8. The van der Waals surface area contributed by atoms with E-state index in [1.165, 1.54) is 0 Å². The second-order valence-electron chi connectivity index (χ2n) is 9.01. The number of amides is 1. The Bertz CT molecular complexity index is 498. The molecular formula is C21H46N2O6P+. The maximum absolute atomic E-state index is 12.3. The number of nitrogens with one attached hydrogen (secondary N) is 1. The van der Waals surface area contributed by atoms with Crippen molar-refractivity contribution < 1.29 is 32.9 Å². The van der Waals surface area contributed by atoms with Crippen LogP contribution in [0.3, 0.4) is 0 Å². The van der Waals surface area contributed by atoms with Gasteiger partial charge in [-0.25, -0.2) is 4.57 Å². The summed E-state index contributed by atoms with van der Waals surface area (Å²) in [5.74, 6) is -0.173. The number of carbonyl (C=O) groups is 1. The second kappa shape index (κ2) is 16.2. The Hall–Kier alpha value is -0.500. The summed E-state index contributed by atoms with van der Waals surface area (Å²) in [6, 6.07) is -0.743. The van der Waals surface area contributed by atoms with Crippen LogP contribution in [-0.4, -0.2) is 73.4 Å². The Labute approximate surface area is 183 Å². The fourth-order valence-corrected chi connectivity index (χ4v) is 3.60. The number of aliphatic hydroxyl groups excluding tert-OH is 1. The van der Waals surface area contributed by atoms with Crippen molar-refractivity contribution in [3.05, 3.63) is 0 Å². The number of phosphoric acid groups is 1. The summed E-state index contributed by atoms with van der Waals surface area (Å²) >= 11 is 0. The number of nitrogens with zero attached hydrogens (tertiary/aromatic N) is 1.